The van der Waals surface area contributed by atoms with E-state index in [0.29, 0.717) is 23.7 Å². The molecule has 3 heteroatoms. The first-order chi connectivity index (χ1) is 10.2. The van der Waals surface area contributed by atoms with Gasteiger partial charge in [0.15, 0.2) is 23.9 Å². The molecule has 0 bridgehead atoms. The van der Waals surface area contributed by atoms with Crippen LogP contribution in [-0.2, 0) is 6.42 Å². The third-order valence-corrected chi connectivity index (χ3v) is 3.19. The van der Waals surface area contributed by atoms with Crippen molar-refractivity contribution in [2.24, 2.45) is 0 Å². The van der Waals surface area contributed by atoms with Crippen LogP contribution >= 0.6 is 0 Å². The molecule has 3 nitrogen and oxygen atoms in total. The lowest BCUT2D eigenvalue weighted by atomic mass is 10.1. The molecular weight excluding hydrogens is 264 g/mol. The van der Waals surface area contributed by atoms with Gasteiger partial charge in [-0.25, -0.2) is 0 Å². The molecule has 0 amide bonds. The van der Waals surface area contributed by atoms with Crippen LogP contribution < -0.4 is 9.47 Å². The predicted octanol–water partition coefficient (Wildman–Crippen LogP) is 3.91. The van der Waals surface area contributed by atoms with E-state index in [-0.39, 0.29) is 12.4 Å². The number of hydrogen-bond acceptors (Lipinski definition) is 3. The Kier molecular flexibility index (Phi) is 5.38. The fraction of sp³-hybridized carbons (Fsp3) is 0.278. The molecule has 0 spiro atoms. The van der Waals surface area contributed by atoms with Crippen LogP contribution in [0.2, 0.25) is 0 Å². The maximum atomic E-state index is 12.1. The largest absolute Gasteiger partial charge is 0.490 e. The fourth-order valence-electron chi connectivity index (χ4n) is 2.00. The fourth-order valence-corrected chi connectivity index (χ4v) is 2.00. The van der Waals surface area contributed by atoms with Crippen LogP contribution in [0.3, 0.4) is 0 Å². The summed E-state index contributed by atoms with van der Waals surface area (Å²) in [6, 6.07) is 15.0. The zero-order valence-electron chi connectivity index (χ0n) is 12.5. The second-order valence-electron chi connectivity index (χ2n) is 4.64. The van der Waals surface area contributed by atoms with Gasteiger partial charge in [0.25, 0.3) is 0 Å². The van der Waals surface area contributed by atoms with Gasteiger partial charge in [-0.1, -0.05) is 43.3 Å². The average Bonchev–Trinajstić information content (AvgIpc) is 2.54. The molecule has 0 aliphatic rings. The summed E-state index contributed by atoms with van der Waals surface area (Å²) >= 11 is 0. The van der Waals surface area contributed by atoms with Crippen molar-refractivity contribution < 1.29 is 14.3 Å². The van der Waals surface area contributed by atoms with Crippen LogP contribution in [0.25, 0.3) is 0 Å². The second-order valence-corrected chi connectivity index (χ2v) is 4.64. The van der Waals surface area contributed by atoms with E-state index in [9.17, 15) is 4.79 Å². The van der Waals surface area contributed by atoms with Gasteiger partial charge in [-0.15, -0.1) is 0 Å². The number of ether oxygens (including phenoxy) is 2. The lowest BCUT2D eigenvalue weighted by Crippen LogP contribution is -2.12. The first-order valence-corrected chi connectivity index (χ1v) is 7.21. The van der Waals surface area contributed by atoms with E-state index in [4.69, 9.17) is 9.47 Å². The van der Waals surface area contributed by atoms with Crippen molar-refractivity contribution in [1.82, 2.24) is 0 Å². The van der Waals surface area contributed by atoms with E-state index in [2.05, 4.69) is 6.92 Å². The summed E-state index contributed by atoms with van der Waals surface area (Å²) in [6.45, 7) is 4.57. The van der Waals surface area contributed by atoms with Gasteiger partial charge in [0.1, 0.15) is 0 Å². The van der Waals surface area contributed by atoms with E-state index >= 15 is 0 Å². The van der Waals surface area contributed by atoms with Gasteiger partial charge in [0.05, 0.1) is 6.61 Å². The Labute approximate surface area is 125 Å². The smallest absolute Gasteiger partial charge is 0.200 e. The van der Waals surface area contributed by atoms with Crippen LogP contribution in [0.4, 0.5) is 0 Å². The highest BCUT2D eigenvalue weighted by Crippen LogP contribution is 2.26. The van der Waals surface area contributed by atoms with Gasteiger partial charge in [-0.05, 0) is 31.0 Å². The quantitative estimate of drug-likeness (QED) is 0.723. The average molecular weight is 284 g/mol. The molecule has 0 aromatic heterocycles. The minimum absolute atomic E-state index is 0.00948. The minimum atomic E-state index is -0.0380. The number of rotatable bonds is 7. The number of benzene rings is 2. The summed E-state index contributed by atoms with van der Waals surface area (Å²) in [4.78, 5) is 12.1. The summed E-state index contributed by atoms with van der Waals surface area (Å²) in [5.41, 5.74) is 1.88. The summed E-state index contributed by atoms with van der Waals surface area (Å²) in [5, 5.41) is 0. The number of aryl methyl sites for hydroxylation is 1. The van der Waals surface area contributed by atoms with Crippen molar-refractivity contribution in [3.63, 3.8) is 0 Å². The van der Waals surface area contributed by atoms with Gasteiger partial charge in [-0.3, -0.25) is 4.79 Å². The van der Waals surface area contributed by atoms with Crippen molar-refractivity contribution in [3.05, 3.63) is 59.7 Å². The van der Waals surface area contributed by atoms with Crippen molar-refractivity contribution >= 4 is 5.78 Å². The summed E-state index contributed by atoms with van der Waals surface area (Å²) < 4.78 is 11.1. The summed E-state index contributed by atoms with van der Waals surface area (Å²) in [7, 11) is 0. The van der Waals surface area contributed by atoms with E-state index < -0.39 is 0 Å². The van der Waals surface area contributed by atoms with E-state index in [1.165, 1.54) is 5.56 Å². The topological polar surface area (TPSA) is 35.5 Å². The van der Waals surface area contributed by atoms with E-state index in [0.717, 1.165) is 6.42 Å². The van der Waals surface area contributed by atoms with Gasteiger partial charge in [-0.2, -0.15) is 0 Å². The zero-order valence-corrected chi connectivity index (χ0v) is 12.5. The van der Waals surface area contributed by atoms with Gasteiger partial charge in [0, 0.05) is 5.56 Å². The molecule has 0 N–H and O–H groups in total. The summed E-state index contributed by atoms with van der Waals surface area (Å²) in [5.74, 6) is 1.22. The van der Waals surface area contributed by atoms with Crippen molar-refractivity contribution in [1.29, 1.82) is 0 Å². The highest BCUT2D eigenvalue weighted by molar-refractivity contribution is 5.97. The second kappa shape index (κ2) is 7.48. The number of ketones is 1. The molecule has 0 saturated carbocycles. The molecule has 0 fully saturated rings. The zero-order chi connectivity index (χ0) is 15.1. The highest BCUT2D eigenvalue weighted by atomic mass is 16.5. The third-order valence-electron chi connectivity index (χ3n) is 3.19. The minimum Gasteiger partial charge on any atom is -0.490 e. The third kappa shape index (κ3) is 4.09. The molecule has 0 unspecified atom stereocenters. The Hall–Kier alpha value is -2.29. The molecule has 2 aromatic carbocycles. The Balaban J connectivity index is 2.00. The van der Waals surface area contributed by atoms with E-state index in [1.54, 1.807) is 6.07 Å². The van der Waals surface area contributed by atoms with Crippen LogP contribution in [0.5, 0.6) is 11.5 Å². The standard InChI is InChI=1S/C18H20O3/c1-3-14-9-11-15(12-10-14)16(19)13-21-18-8-6-5-7-17(18)20-4-2/h5-12H,3-4,13H2,1-2H3. The molecule has 0 heterocycles. The molecule has 21 heavy (non-hydrogen) atoms. The first kappa shape index (κ1) is 15.1. The number of Topliss-reactive ketones (excluding diaryl/α,β-unsaturated/α-hetero) is 1. The number of hydrogen-bond donors (Lipinski definition) is 0. The van der Waals surface area contributed by atoms with E-state index in [1.807, 2.05) is 49.4 Å². The molecule has 0 aliphatic heterocycles. The molecule has 2 aromatic rings. The molecular formula is C18H20O3. The molecule has 2 rings (SSSR count). The van der Waals surface area contributed by atoms with Gasteiger partial charge < -0.3 is 9.47 Å². The van der Waals surface area contributed by atoms with Crippen molar-refractivity contribution in [2.45, 2.75) is 20.3 Å². The molecule has 0 saturated heterocycles. The number of carbonyl (C=O) groups excluding carboxylic acids is 1. The molecule has 110 valence electrons. The number of carbonyl (C=O) groups is 1. The summed E-state index contributed by atoms with van der Waals surface area (Å²) in [6.07, 6.45) is 0.965. The Morgan fingerprint density at radius 3 is 2.10 bits per heavy atom. The van der Waals surface area contributed by atoms with Crippen LogP contribution in [0, 0.1) is 0 Å². The molecule has 0 atom stereocenters. The van der Waals surface area contributed by atoms with Crippen molar-refractivity contribution in [2.75, 3.05) is 13.2 Å². The maximum Gasteiger partial charge on any atom is 0.200 e. The molecule has 0 aliphatic carbocycles. The van der Waals surface area contributed by atoms with Gasteiger partial charge >= 0.3 is 0 Å². The maximum absolute atomic E-state index is 12.1. The molecule has 0 radical (unpaired) electrons. The number of para-hydroxylation sites is 2. The lowest BCUT2D eigenvalue weighted by Gasteiger charge is -2.11. The van der Waals surface area contributed by atoms with Crippen LogP contribution in [0.15, 0.2) is 48.5 Å². The van der Waals surface area contributed by atoms with Crippen LogP contribution in [-0.4, -0.2) is 19.0 Å². The predicted molar refractivity (Wildman–Crippen MR) is 83.3 cm³/mol. The lowest BCUT2D eigenvalue weighted by molar-refractivity contribution is 0.0919. The Bertz CT molecular complexity index is 588. The normalized spacial score (nSPS) is 10.2. The Morgan fingerprint density at radius 1 is 0.905 bits per heavy atom. The van der Waals surface area contributed by atoms with Crippen molar-refractivity contribution in [3.8, 4) is 11.5 Å². The first-order valence-electron chi connectivity index (χ1n) is 7.21. The highest BCUT2D eigenvalue weighted by Gasteiger charge is 2.09. The monoisotopic (exact) mass is 284 g/mol. The van der Waals surface area contributed by atoms with Crippen LogP contribution in [0.1, 0.15) is 29.8 Å². The SMILES string of the molecule is CCOc1ccccc1OCC(=O)c1ccc(CC)cc1. The Morgan fingerprint density at radius 2 is 1.52 bits per heavy atom. The van der Waals surface area contributed by atoms with Gasteiger partial charge in [0.2, 0.25) is 0 Å².